The Morgan fingerprint density at radius 1 is 1.14 bits per heavy atom. The van der Waals surface area contributed by atoms with E-state index >= 15 is 0 Å². The van der Waals surface area contributed by atoms with Gasteiger partial charge in [0.15, 0.2) is 11.5 Å². The smallest absolute Gasteiger partial charge is 0.295 e. The van der Waals surface area contributed by atoms with E-state index < -0.39 is 6.04 Å². The SMILES string of the molecule is CC1CCC2OC3=C(C(=O)C2C1)C(c1cccc(Br)c1)N(c1ccccn1)C3=O. The number of anilines is 1. The van der Waals surface area contributed by atoms with Gasteiger partial charge in [-0.05, 0) is 55.0 Å². The van der Waals surface area contributed by atoms with Gasteiger partial charge < -0.3 is 4.74 Å². The van der Waals surface area contributed by atoms with E-state index in [1.165, 1.54) is 0 Å². The molecule has 3 heterocycles. The number of ketones is 1. The average molecular weight is 453 g/mol. The first-order valence-electron chi connectivity index (χ1n) is 9.99. The Labute approximate surface area is 177 Å². The summed E-state index contributed by atoms with van der Waals surface area (Å²) in [5.41, 5.74) is 1.34. The van der Waals surface area contributed by atoms with Crippen LogP contribution in [0.15, 0.2) is 64.5 Å². The van der Waals surface area contributed by atoms with Crippen molar-refractivity contribution in [3.05, 3.63) is 70.0 Å². The van der Waals surface area contributed by atoms with E-state index in [1.54, 1.807) is 17.2 Å². The van der Waals surface area contributed by atoms with Crippen molar-refractivity contribution >= 4 is 33.4 Å². The van der Waals surface area contributed by atoms with E-state index in [0.29, 0.717) is 17.3 Å². The van der Waals surface area contributed by atoms with Crippen LogP contribution in [0.2, 0.25) is 0 Å². The van der Waals surface area contributed by atoms with Gasteiger partial charge in [-0.1, -0.05) is 41.1 Å². The summed E-state index contributed by atoms with van der Waals surface area (Å²) in [7, 11) is 0. The molecule has 5 nitrogen and oxygen atoms in total. The minimum atomic E-state index is -0.532. The van der Waals surface area contributed by atoms with Gasteiger partial charge in [0, 0.05) is 10.7 Å². The normalized spacial score (nSPS) is 28.8. The number of Topliss-reactive ketones (excluding diaryl/α,β-unsaturated/α-hetero) is 1. The number of carbonyl (C=O) groups is 2. The monoisotopic (exact) mass is 452 g/mol. The first-order chi connectivity index (χ1) is 14.0. The molecule has 1 aromatic heterocycles. The maximum Gasteiger partial charge on any atom is 0.295 e. The van der Waals surface area contributed by atoms with Crippen LogP contribution in [-0.4, -0.2) is 22.8 Å². The molecule has 0 bridgehead atoms. The molecule has 2 aromatic rings. The Morgan fingerprint density at radius 2 is 2.00 bits per heavy atom. The molecule has 1 fully saturated rings. The highest BCUT2D eigenvalue weighted by molar-refractivity contribution is 9.10. The highest BCUT2D eigenvalue weighted by Gasteiger charge is 2.53. The molecule has 3 aliphatic rings. The molecule has 1 saturated carbocycles. The van der Waals surface area contributed by atoms with Crippen LogP contribution in [0.4, 0.5) is 5.82 Å². The number of nitrogens with zero attached hydrogens (tertiary/aromatic N) is 2. The highest BCUT2D eigenvalue weighted by atomic mass is 79.9. The number of benzene rings is 1. The largest absolute Gasteiger partial charge is 0.483 e. The number of amides is 1. The maximum absolute atomic E-state index is 13.6. The van der Waals surface area contributed by atoms with Gasteiger partial charge in [-0.2, -0.15) is 0 Å². The number of aromatic nitrogens is 1. The van der Waals surface area contributed by atoms with Crippen LogP contribution in [0.5, 0.6) is 0 Å². The molecule has 29 heavy (non-hydrogen) atoms. The summed E-state index contributed by atoms with van der Waals surface area (Å²) < 4.78 is 7.10. The van der Waals surface area contributed by atoms with Crippen LogP contribution in [-0.2, 0) is 14.3 Å². The molecule has 1 aliphatic carbocycles. The Morgan fingerprint density at radius 3 is 2.76 bits per heavy atom. The Hall–Kier alpha value is -2.47. The van der Waals surface area contributed by atoms with E-state index in [4.69, 9.17) is 4.74 Å². The zero-order valence-electron chi connectivity index (χ0n) is 16.0. The molecule has 6 heteroatoms. The van der Waals surface area contributed by atoms with Crippen LogP contribution in [0.3, 0.4) is 0 Å². The number of rotatable bonds is 2. The van der Waals surface area contributed by atoms with Gasteiger partial charge in [-0.25, -0.2) is 4.98 Å². The van der Waals surface area contributed by atoms with Crippen LogP contribution < -0.4 is 4.90 Å². The molecule has 4 unspecified atom stereocenters. The van der Waals surface area contributed by atoms with E-state index in [1.807, 2.05) is 36.4 Å². The number of ether oxygens (including phenoxy) is 1. The molecular weight excluding hydrogens is 432 g/mol. The second-order valence-corrected chi connectivity index (χ2v) is 9.02. The van der Waals surface area contributed by atoms with Crippen molar-refractivity contribution in [2.75, 3.05) is 4.90 Å². The molecule has 4 atom stereocenters. The summed E-state index contributed by atoms with van der Waals surface area (Å²) >= 11 is 3.52. The molecule has 0 saturated heterocycles. The topological polar surface area (TPSA) is 59.5 Å². The maximum atomic E-state index is 13.6. The summed E-state index contributed by atoms with van der Waals surface area (Å²) in [6.07, 6.45) is 4.09. The molecule has 0 spiro atoms. The number of pyridine rings is 1. The minimum Gasteiger partial charge on any atom is -0.483 e. The van der Waals surface area contributed by atoms with Crippen molar-refractivity contribution in [3.63, 3.8) is 0 Å². The van der Waals surface area contributed by atoms with Crippen molar-refractivity contribution in [3.8, 4) is 0 Å². The lowest BCUT2D eigenvalue weighted by Gasteiger charge is -2.37. The molecule has 0 radical (unpaired) electrons. The standard InChI is InChI=1S/C23H21BrN2O3/c1-13-8-9-17-16(11-13)21(27)19-20(14-5-4-6-15(24)12-14)26(23(28)22(19)29-17)18-7-2-3-10-25-18/h2-7,10,12-13,16-17,20H,8-9,11H2,1H3. The van der Waals surface area contributed by atoms with Crippen LogP contribution in [0.1, 0.15) is 37.8 Å². The fourth-order valence-electron chi connectivity index (χ4n) is 4.80. The fourth-order valence-corrected chi connectivity index (χ4v) is 5.22. The summed E-state index contributed by atoms with van der Waals surface area (Å²) in [6, 6.07) is 12.6. The van der Waals surface area contributed by atoms with Gasteiger partial charge in [0.1, 0.15) is 11.9 Å². The second kappa shape index (κ2) is 7.10. The van der Waals surface area contributed by atoms with Crippen molar-refractivity contribution in [2.45, 2.75) is 38.3 Å². The predicted molar refractivity (Wildman–Crippen MR) is 112 cm³/mol. The van der Waals surface area contributed by atoms with E-state index in [-0.39, 0.29) is 29.5 Å². The number of carbonyl (C=O) groups excluding carboxylic acids is 2. The lowest BCUT2D eigenvalue weighted by atomic mass is 9.74. The van der Waals surface area contributed by atoms with Gasteiger partial charge in [-0.15, -0.1) is 0 Å². The number of halogens is 1. The Bertz CT molecular complexity index is 1020. The second-order valence-electron chi connectivity index (χ2n) is 8.11. The van der Waals surface area contributed by atoms with Crippen molar-refractivity contribution in [1.82, 2.24) is 4.98 Å². The Balaban J connectivity index is 1.66. The molecular formula is C23H21BrN2O3. The number of hydrogen-bond donors (Lipinski definition) is 0. The quantitative estimate of drug-likeness (QED) is 0.668. The van der Waals surface area contributed by atoms with Crippen molar-refractivity contribution in [1.29, 1.82) is 0 Å². The molecule has 5 rings (SSSR count). The summed E-state index contributed by atoms with van der Waals surface area (Å²) in [5.74, 6) is 0.808. The van der Waals surface area contributed by atoms with Crippen molar-refractivity contribution in [2.24, 2.45) is 11.8 Å². The molecule has 2 aliphatic heterocycles. The van der Waals surface area contributed by atoms with Crippen LogP contribution >= 0.6 is 15.9 Å². The molecule has 1 amide bonds. The third-order valence-corrected chi connectivity index (χ3v) is 6.66. The molecule has 1 aromatic carbocycles. The zero-order valence-corrected chi connectivity index (χ0v) is 17.6. The third-order valence-electron chi connectivity index (χ3n) is 6.17. The first-order valence-corrected chi connectivity index (χ1v) is 10.8. The van der Waals surface area contributed by atoms with Crippen LogP contribution in [0, 0.1) is 11.8 Å². The minimum absolute atomic E-state index is 0.0551. The lowest BCUT2D eigenvalue weighted by molar-refractivity contribution is -0.132. The van der Waals surface area contributed by atoms with Crippen LogP contribution in [0.25, 0.3) is 0 Å². The summed E-state index contributed by atoms with van der Waals surface area (Å²) in [4.78, 5) is 33.1. The fraction of sp³-hybridized carbons (Fsp3) is 0.348. The third kappa shape index (κ3) is 3.01. The van der Waals surface area contributed by atoms with Gasteiger partial charge in [0.05, 0.1) is 17.5 Å². The highest BCUT2D eigenvalue weighted by Crippen LogP contribution is 2.48. The lowest BCUT2D eigenvalue weighted by Crippen LogP contribution is -2.41. The Kier molecular flexibility index (Phi) is 4.54. The van der Waals surface area contributed by atoms with E-state index in [9.17, 15) is 9.59 Å². The first kappa shape index (κ1) is 18.6. The number of fused-ring (bicyclic) bond motifs is 1. The summed E-state index contributed by atoms with van der Waals surface area (Å²) in [6.45, 7) is 2.18. The van der Waals surface area contributed by atoms with Gasteiger partial charge in [0.25, 0.3) is 5.91 Å². The average Bonchev–Trinajstić information content (AvgIpc) is 3.02. The van der Waals surface area contributed by atoms with Gasteiger partial charge >= 0.3 is 0 Å². The zero-order chi connectivity index (χ0) is 20.1. The predicted octanol–water partition coefficient (Wildman–Crippen LogP) is 4.59. The van der Waals surface area contributed by atoms with Crippen molar-refractivity contribution < 1.29 is 14.3 Å². The van der Waals surface area contributed by atoms with E-state index in [0.717, 1.165) is 29.3 Å². The molecule has 148 valence electrons. The summed E-state index contributed by atoms with van der Waals surface area (Å²) in [5, 5.41) is 0. The van der Waals surface area contributed by atoms with Gasteiger partial charge in [-0.3, -0.25) is 14.5 Å². The van der Waals surface area contributed by atoms with E-state index in [2.05, 4.69) is 27.8 Å². The molecule has 0 N–H and O–H groups in total. The van der Waals surface area contributed by atoms with Gasteiger partial charge in [0.2, 0.25) is 0 Å². The number of hydrogen-bond acceptors (Lipinski definition) is 4.